The molecule has 0 aromatic carbocycles. The Balaban J connectivity index is 0. The van der Waals surface area contributed by atoms with Crippen molar-refractivity contribution in [3.8, 4) is 0 Å². The second-order valence-electron chi connectivity index (χ2n) is 5.39. The molecule has 0 N–H and O–H groups in total. The van der Waals surface area contributed by atoms with Crippen molar-refractivity contribution in [1.82, 2.24) is 0 Å². The lowest BCUT2D eigenvalue weighted by Gasteiger charge is -1.98. The molecule has 118 valence electrons. The molecular formula is C18H34O2. The van der Waals surface area contributed by atoms with Crippen LogP contribution in [0.15, 0.2) is 12.2 Å². The highest BCUT2D eigenvalue weighted by Gasteiger charge is 1.96. The van der Waals surface area contributed by atoms with Gasteiger partial charge in [0.05, 0.1) is 0 Å². The first-order valence-electron chi connectivity index (χ1n) is 8.21. The third kappa shape index (κ3) is 22.3. The molecule has 20 heavy (non-hydrogen) atoms. The molecule has 2 heteroatoms. The molecule has 0 heterocycles. The normalized spacial score (nSPS) is 10.4. The van der Waals surface area contributed by atoms with Crippen LogP contribution in [0.2, 0.25) is 0 Å². The Morgan fingerprint density at radius 1 is 0.850 bits per heavy atom. The SMILES string of the molecule is CC(CC=O)CC=O.CC=CCCCCCCCCC. The van der Waals surface area contributed by atoms with Crippen LogP contribution in [0.4, 0.5) is 0 Å². The number of carbonyl (C=O) groups excluding carboxylic acids is 2. The van der Waals surface area contributed by atoms with Crippen molar-refractivity contribution in [1.29, 1.82) is 0 Å². The summed E-state index contributed by atoms with van der Waals surface area (Å²) < 4.78 is 0. The average molecular weight is 282 g/mol. The van der Waals surface area contributed by atoms with Gasteiger partial charge < -0.3 is 9.59 Å². The summed E-state index contributed by atoms with van der Waals surface area (Å²) in [7, 11) is 0. The molecule has 0 aromatic heterocycles. The standard InChI is InChI=1S/C12H24.C6H10O2/c1-3-5-7-9-11-12-10-8-6-4-2;1-6(2-4-7)3-5-8/h3,5H,4,6-12H2,1-2H3;4-6H,2-3H2,1H3. The fourth-order valence-electron chi connectivity index (χ4n) is 1.81. The Kier molecular flexibility index (Phi) is 21.8. The van der Waals surface area contributed by atoms with Crippen LogP contribution in [0.3, 0.4) is 0 Å². The van der Waals surface area contributed by atoms with Gasteiger partial charge in [0.25, 0.3) is 0 Å². The number of allylic oxidation sites excluding steroid dienone is 2. The molecule has 2 nitrogen and oxygen atoms in total. The number of hydrogen-bond donors (Lipinski definition) is 0. The highest BCUT2D eigenvalue weighted by atomic mass is 16.1. The highest BCUT2D eigenvalue weighted by molar-refractivity contribution is 5.53. The molecule has 0 saturated carbocycles. The van der Waals surface area contributed by atoms with Gasteiger partial charge in [-0.05, 0) is 25.7 Å². The average Bonchev–Trinajstić information content (AvgIpc) is 2.43. The van der Waals surface area contributed by atoms with E-state index in [2.05, 4.69) is 26.0 Å². The first-order chi connectivity index (χ1) is 9.72. The topological polar surface area (TPSA) is 34.1 Å². The minimum atomic E-state index is 0.227. The fraction of sp³-hybridized carbons (Fsp3) is 0.778. The summed E-state index contributed by atoms with van der Waals surface area (Å²) in [6, 6.07) is 0. The second-order valence-corrected chi connectivity index (χ2v) is 5.39. The lowest BCUT2D eigenvalue weighted by atomic mass is 10.1. The molecule has 0 radical (unpaired) electrons. The van der Waals surface area contributed by atoms with E-state index in [4.69, 9.17) is 0 Å². The summed E-state index contributed by atoms with van der Waals surface area (Å²) in [6.45, 7) is 6.25. The van der Waals surface area contributed by atoms with Gasteiger partial charge in [-0.1, -0.05) is 64.5 Å². The Bertz CT molecular complexity index is 211. The number of aldehydes is 2. The van der Waals surface area contributed by atoms with Gasteiger partial charge in [-0.15, -0.1) is 0 Å². The van der Waals surface area contributed by atoms with E-state index in [9.17, 15) is 9.59 Å². The molecule has 0 aliphatic heterocycles. The van der Waals surface area contributed by atoms with E-state index in [0.29, 0.717) is 12.8 Å². The molecule has 0 saturated heterocycles. The largest absolute Gasteiger partial charge is 0.303 e. The molecule has 0 unspecified atom stereocenters. The number of unbranched alkanes of at least 4 members (excludes halogenated alkanes) is 7. The monoisotopic (exact) mass is 282 g/mol. The minimum Gasteiger partial charge on any atom is -0.303 e. The quantitative estimate of drug-likeness (QED) is 0.269. The number of hydrogen-bond acceptors (Lipinski definition) is 2. The van der Waals surface area contributed by atoms with Crippen molar-refractivity contribution in [3.63, 3.8) is 0 Å². The summed E-state index contributed by atoms with van der Waals surface area (Å²) in [5, 5.41) is 0. The molecule has 0 amide bonds. The summed E-state index contributed by atoms with van der Waals surface area (Å²) in [5.74, 6) is 0.227. The molecule has 0 spiro atoms. The van der Waals surface area contributed by atoms with Gasteiger partial charge in [-0.2, -0.15) is 0 Å². The molecule has 0 fully saturated rings. The number of rotatable bonds is 12. The third-order valence-electron chi connectivity index (χ3n) is 3.21. The van der Waals surface area contributed by atoms with E-state index < -0.39 is 0 Å². The van der Waals surface area contributed by atoms with E-state index in [1.807, 2.05) is 6.92 Å². The molecule has 0 aliphatic rings. The van der Waals surface area contributed by atoms with Crippen molar-refractivity contribution in [2.24, 2.45) is 5.92 Å². The van der Waals surface area contributed by atoms with E-state index in [1.54, 1.807) is 0 Å². The van der Waals surface area contributed by atoms with Gasteiger partial charge in [0, 0.05) is 12.8 Å². The van der Waals surface area contributed by atoms with Crippen molar-refractivity contribution >= 4 is 12.6 Å². The van der Waals surface area contributed by atoms with Crippen LogP contribution >= 0.6 is 0 Å². The molecule has 0 bridgehead atoms. The summed E-state index contributed by atoms with van der Waals surface area (Å²) >= 11 is 0. The zero-order valence-electron chi connectivity index (χ0n) is 13.8. The third-order valence-corrected chi connectivity index (χ3v) is 3.21. The minimum absolute atomic E-state index is 0.227. The highest BCUT2D eigenvalue weighted by Crippen LogP contribution is 2.08. The van der Waals surface area contributed by atoms with Gasteiger partial charge >= 0.3 is 0 Å². The van der Waals surface area contributed by atoms with E-state index in [-0.39, 0.29) is 5.92 Å². The first-order valence-corrected chi connectivity index (χ1v) is 8.21. The smallest absolute Gasteiger partial charge is 0.120 e. The van der Waals surface area contributed by atoms with Crippen molar-refractivity contribution in [2.75, 3.05) is 0 Å². The van der Waals surface area contributed by atoms with Gasteiger partial charge in [-0.25, -0.2) is 0 Å². The molecule has 0 atom stereocenters. The lowest BCUT2D eigenvalue weighted by molar-refractivity contribution is -0.110. The Labute approximate surface area is 126 Å². The van der Waals surface area contributed by atoms with Crippen molar-refractivity contribution < 1.29 is 9.59 Å². The Morgan fingerprint density at radius 3 is 1.80 bits per heavy atom. The van der Waals surface area contributed by atoms with Gasteiger partial charge in [0.1, 0.15) is 12.6 Å². The summed E-state index contributed by atoms with van der Waals surface area (Å²) in [5.41, 5.74) is 0. The van der Waals surface area contributed by atoms with Crippen LogP contribution in [-0.2, 0) is 9.59 Å². The maximum absolute atomic E-state index is 9.77. The zero-order valence-corrected chi connectivity index (χ0v) is 13.8. The van der Waals surface area contributed by atoms with Crippen molar-refractivity contribution in [2.45, 2.75) is 85.0 Å². The van der Waals surface area contributed by atoms with Crippen LogP contribution in [0.25, 0.3) is 0 Å². The molecule has 0 rings (SSSR count). The first kappa shape index (κ1) is 21.4. The number of carbonyl (C=O) groups is 2. The second kappa shape index (κ2) is 20.4. The molecular weight excluding hydrogens is 248 g/mol. The van der Waals surface area contributed by atoms with E-state index >= 15 is 0 Å². The van der Waals surface area contributed by atoms with Crippen LogP contribution in [-0.4, -0.2) is 12.6 Å². The van der Waals surface area contributed by atoms with Crippen LogP contribution in [0.1, 0.15) is 85.0 Å². The molecule has 0 aliphatic carbocycles. The van der Waals surface area contributed by atoms with Gasteiger partial charge in [0.15, 0.2) is 0 Å². The lowest BCUT2D eigenvalue weighted by Crippen LogP contribution is -1.94. The predicted molar refractivity (Wildman–Crippen MR) is 88.0 cm³/mol. The summed E-state index contributed by atoms with van der Waals surface area (Å²) in [4.78, 5) is 19.5. The van der Waals surface area contributed by atoms with Gasteiger partial charge in [0.2, 0.25) is 0 Å². The fourth-order valence-corrected chi connectivity index (χ4v) is 1.81. The van der Waals surface area contributed by atoms with Crippen LogP contribution < -0.4 is 0 Å². The Morgan fingerprint density at radius 2 is 1.35 bits per heavy atom. The molecule has 0 aromatic rings. The maximum Gasteiger partial charge on any atom is 0.120 e. The predicted octanol–water partition coefficient (Wildman–Crippen LogP) is 5.50. The van der Waals surface area contributed by atoms with Gasteiger partial charge in [-0.3, -0.25) is 0 Å². The van der Waals surface area contributed by atoms with E-state index in [0.717, 1.165) is 12.6 Å². The van der Waals surface area contributed by atoms with Crippen molar-refractivity contribution in [3.05, 3.63) is 12.2 Å². The maximum atomic E-state index is 9.77. The van der Waals surface area contributed by atoms with Crippen LogP contribution in [0, 0.1) is 5.92 Å². The van der Waals surface area contributed by atoms with E-state index in [1.165, 1.54) is 51.4 Å². The zero-order chi connectivity index (χ0) is 15.5. The van der Waals surface area contributed by atoms with Crippen LogP contribution in [0.5, 0.6) is 0 Å². The summed E-state index contributed by atoms with van der Waals surface area (Å²) in [6.07, 6.45) is 18.3. The Hall–Kier alpha value is -0.920.